The van der Waals surface area contributed by atoms with Crippen LogP contribution in [-0.2, 0) is 4.74 Å². The van der Waals surface area contributed by atoms with Crippen LogP contribution in [0.1, 0.15) is 19.0 Å². The van der Waals surface area contributed by atoms with Crippen LogP contribution in [0.15, 0.2) is 36.8 Å². The molecule has 3 aliphatic heterocycles. The van der Waals surface area contributed by atoms with E-state index < -0.39 is 0 Å². The number of nitrogens with zero attached hydrogens (tertiary/aromatic N) is 8. The Morgan fingerprint density at radius 2 is 1.98 bits per heavy atom. The maximum Gasteiger partial charge on any atom is 0.227 e. The van der Waals surface area contributed by atoms with Crippen molar-refractivity contribution < 1.29 is 9.84 Å². The number of aromatic nitrogens is 5. The van der Waals surface area contributed by atoms with Crippen LogP contribution < -0.4 is 15.1 Å². The molecule has 0 radical (unpaired) electrons. The molecule has 7 heterocycles. The molecule has 0 amide bonds. The van der Waals surface area contributed by atoms with Gasteiger partial charge in [-0.3, -0.25) is 9.88 Å². The molecule has 208 valence electrons. The quantitative estimate of drug-likeness (QED) is 0.348. The number of hydrogen-bond acceptors (Lipinski definition) is 12. The number of ether oxygens (including phenoxy) is 1. The molecule has 3 saturated heterocycles. The number of nitrogens with one attached hydrogen (secondary N) is 1. The second-order valence-electron chi connectivity index (χ2n) is 10.8. The zero-order chi connectivity index (χ0) is 27.2. The van der Waals surface area contributed by atoms with Gasteiger partial charge in [0.1, 0.15) is 16.6 Å². The maximum absolute atomic E-state index is 9.34. The molecule has 3 atom stereocenters. The molecule has 40 heavy (non-hydrogen) atoms. The van der Waals surface area contributed by atoms with Crippen molar-refractivity contribution in [1.29, 1.82) is 0 Å². The van der Waals surface area contributed by atoms with Crippen LogP contribution in [0.4, 0.5) is 23.3 Å². The van der Waals surface area contributed by atoms with Gasteiger partial charge in [0.25, 0.3) is 0 Å². The Bertz CT molecular complexity index is 1530. The molecule has 3 aliphatic rings. The molecule has 11 nitrogen and oxygen atoms in total. The summed E-state index contributed by atoms with van der Waals surface area (Å²) in [5.74, 6) is 2.16. The minimum Gasteiger partial charge on any atom is -0.395 e. The number of aryl methyl sites for hydroxylation is 1. The van der Waals surface area contributed by atoms with Gasteiger partial charge in [0, 0.05) is 80.1 Å². The van der Waals surface area contributed by atoms with Crippen molar-refractivity contribution in [3.05, 3.63) is 42.5 Å². The van der Waals surface area contributed by atoms with Gasteiger partial charge in [-0.05, 0) is 26.3 Å². The number of aliphatic hydroxyl groups excluding tert-OH is 1. The summed E-state index contributed by atoms with van der Waals surface area (Å²) in [4.78, 5) is 30.7. The predicted molar refractivity (Wildman–Crippen MR) is 157 cm³/mol. The third-order valence-electron chi connectivity index (χ3n) is 8.04. The first kappa shape index (κ1) is 25.5. The summed E-state index contributed by atoms with van der Waals surface area (Å²) in [5.41, 5.74) is 3.88. The highest BCUT2D eigenvalue weighted by Crippen LogP contribution is 2.35. The van der Waals surface area contributed by atoms with Gasteiger partial charge < -0.3 is 25.0 Å². The van der Waals surface area contributed by atoms with Crippen molar-refractivity contribution in [3.8, 4) is 10.6 Å². The average Bonchev–Trinajstić information content (AvgIpc) is 3.68. The van der Waals surface area contributed by atoms with Gasteiger partial charge in [-0.1, -0.05) is 0 Å². The molecule has 12 heteroatoms. The molecule has 2 N–H and O–H groups in total. The van der Waals surface area contributed by atoms with Gasteiger partial charge in [-0.2, -0.15) is 4.98 Å². The minimum absolute atomic E-state index is 0.201. The summed E-state index contributed by atoms with van der Waals surface area (Å²) in [7, 11) is 0. The van der Waals surface area contributed by atoms with E-state index in [-0.39, 0.29) is 6.61 Å². The van der Waals surface area contributed by atoms with E-state index in [1.54, 1.807) is 11.3 Å². The molecule has 4 aromatic rings. The standard InChI is InChI=1S/C28H33N9O2S/c1-17-7-26(34-28(31-17)37-15-21-9-22(37)14-35(21)3-5-38)33-25-10-23-24(13-30-25)40-27(32-23)19-8-20(12-29-11-19)36-4-6-39-16-18(36)2/h7-8,10-13,18,21-22,38H,3-6,9,14-16H2,1-2H3,(H,30,31,33,34)/t18-,21+,22+/m1/s1. The summed E-state index contributed by atoms with van der Waals surface area (Å²) in [6.45, 7) is 9.25. The van der Waals surface area contributed by atoms with Crippen LogP contribution >= 0.6 is 11.3 Å². The molecule has 0 spiro atoms. The summed E-state index contributed by atoms with van der Waals surface area (Å²) in [6.07, 6.45) is 6.75. The lowest BCUT2D eigenvalue weighted by Gasteiger charge is -2.35. The summed E-state index contributed by atoms with van der Waals surface area (Å²) < 4.78 is 6.62. The van der Waals surface area contributed by atoms with Gasteiger partial charge in [-0.25, -0.2) is 15.0 Å². The predicted octanol–water partition coefficient (Wildman–Crippen LogP) is 3.08. The second kappa shape index (κ2) is 10.5. The van der Waals surface area contributed by atoms with E-state index in [9.17, 15) is 5.11 Å². The van der Waals surface area contributed by atoms with Crippen LogP contribution in [0.3, 0.4) is 0 Å². The first-order valence-electron chi connectivity index (χ1n) is 13.8. The topological polar surface area (TPSA) is 116 Å². The van der Waals surface area contributed by atoms with Crippen molar-refractivity contribution in [2.75, 3.05) is 61.1 Å². The van der Waals surface area contributed by atoms with Crippen LogP contribution in [0.25, 0.3) is 20.8 Å². The van der Waals surface area contributed by atoms with E-state index in [0.29, 0.717) is 23.9 Å². The smallest absolute Gasteiger partial charge is 0.227 e. The number of β-amino-alcohol motifs (C(OH)–C–C–N with tert-alkyl or cyclic N) is 1. The van der Waals surface area contributed by atoms with Gasteiger partial charge in [0.15, 0.2) is 0 Å². The molecular formula is C28H33N9O2S. The molecule has 0 unspecified atom stereocenters. The number of hydrogen-bond donors (Lipinski definition) is 2. The Hall–Kier alpha value is -3.45. The molecular weight excluding hydrogens is 526 g/mol. The lowest BCUT2D eigenvalue weighted by atomic mass is 10.2. The fourth-order valence-corrected chi connectivity index (χ4v) is 7.01. The van der Waals surface area contributed by atoms with E-state index in [1.807, 2.05) is 37.6 Å². The number of thiazole rings is 1. The van der Waals surface area contributed by atoms with Gasteiger partial charge >= 0.3 is 0 Å². The zero-order valence-electron chi connectivity index (χ0n) is 22.7. The van der Waals surface area contributed by atoms with Gasteiger partial charge in [-0.15, -0.1) is 11.3 Å². The van der Waals surface area contributed by atoms with Gasteiger partial charge in [0.05, 0.1) is 41.9 Å². The number of piperazine rings is 1. The summed E-state index contributed by atoms with van der Waals surface area (Å²) in [5, 5.41) is 13.6. The normalized spacial score (nSPS) is 22.9. The van der Waals surface area contributed by atoms with Crippen molar-refractivity contribution in [2.45, 2.75) is 38.4 Å². The number of pyridine rings is 2. The second-order valence-corrected chi connectivity index (χ2v) is 11.9. The van der Waals surface area contributed by atoms with E-state index in [0.717, 1.165) is 89.7 Å². The first-order chi connectivity index (χ1) is 19.5. The molecule has 7 rings (SSSR count). The Balaban J connectivity index is 1.10. The van der Waals surface area contributed by atoms with E-state index in [1.165, 1.54) is 0 Å². The van der Waals surface area contributed by atoms with Crippen LogP contribution in [0, 0.1) is 6.92 Å². The largest absolute Gasteiger partial charge is 0.395 e. The van der Waals surface area contributed by atoms with Crippen LogP contribution in [-0.4, -0.2) is 99.1 Å². The Kier molecular flexibility index (Phi) is 6.70. The molecule has 2 bridgehead atoms. The lowest BCUT2D eigenvalue weighted by Crippen LogP contribution is -2.47. The third kappa shape index (κ3) is 4.85. The number of anilines is 4. The highest BCUT2D eigenvalue weighted by atomic mass is 32.1. The van der Waals surface area contributed by atoms with Crippen molar-refractivity contribution >= 4 is 44.8 Å². The fraction of sp³-hybridized carbons (Fsp3) is 0.464. The van der Waals surface area contributed by atoms with Crippen molar-refractivity contribution in [1.82, 2.24) is 29.8 Å². The molecule has 3 fully saturated rings. The average molecular weight is 560 g/mol. The number of likely N-dealkylation sites (tertiary alicyclic amines) is 1. The fourth-order valence-electron chi connectivity index (χ4n) is 6.11. The maximum atomic E-state index is 9.34. The van der Waals surface area contributed by atoms with Crippen LogP contribution in [0.5, 0.6) is 0 Å². The van der Waals surface area contributed by atoms with Gasteiger partial charge in [0.2, 0.25) is 5.95 Å². The lowest BCUT2D eigenvalue weighted by molar-refractivity contribution is 0.0989. The monoisotopic (exact) mass is 559 g/mol. The molecule has 4 aromatic heterocycles. The highest BCUT2D eigenvalue weighted by molar-refractivity contribution is 7.21. The van der Waals surface area contributed by atoms with E-state index in [4.69, 9.17) is 19.7 Å². The van der Waals surface area contributed by atoms with Crippen molar-refractivity contribution in [3.63, 3.8) is 0 Å². The van der Waals surface area contributed by atoms with Crippen molar-refractivity contribution in [2.24, 2.45) is 0 Å². The Labute approximate surface area is 236 Å². The van der Waals surface area contributed by atoms with E-state index in [2.05, 4.69) is 43.0 Å². The summed E-state index contributed by atoms with van der Waals surface area (Å²) in [6, 6.07) is 7.23. The SMILES string of the molecule is Cc1cc(Nc2cc3nc(-c4cncc(N5CCOC[C@H]5C)c4)sc3cn2)nc(N2C[C@@H]3C[C@H]2CN3CCO)n1. The number of rotatable bonds is 7. The molecule has 0 saturated carbocycles. The first-order valence-corrected chi connectivity index (χ1v) is 14.7. The number of fused-ring (bicyclic) bond motifs is 3. The summed E-state index contributed by atoms with van der Waals surface area (Å²) >= 11 is 1.62. The minimum atomic E-state index is 0.201. The number of morpholine rings is 1. The molecule has 0 aliphatic carbocycles. The Morgan fingerprint density at radius 3 is 2.80 bits per heavy atom. The highest BCUT2D eigenvalue weighted by Gasteiger charge is 2.44. The van der Waals surface area contributed by atoms with E-state index >= 15 is 0 Å². The van der Waals surface area contributed by atoms with Crippen LogP contribution in [0.2, 0.25) is 0 Å². The Morgan fingerprint density at radius 1 is 1.05 bits per heavy atom. The zero-order valence-corrected chi connectivity index (χ0v) is 23.5. The number of aliphatic hydroxyl groups is 1. The molecule has 0 aromatic carbocycles. The third-order valence-corrected chi connectivity index (χ3v) is 9.10.